The van der Waals surface area contributed by atoms with Crippen LogP contribution in [0.2, 0.25) is 0 Å². The molecule has 0 saturated heterocycles. The maximum atomic E-state index is 11.7. The Hall–Kier alpha value is -4.17. The first-order valence-corrected chi connectivity index (χ1v) is 18.6. The van der Waals surface area contributed by atoms with Crippen molar-refractivity contribution < 1.29 is 47.4 Å². The number of nitrogens with one attached hydrogen (secondary N) is 1. The molecule has 1 N–H and O–H groups in total. The molecule has 11 heteroatoms. The Kier molecular flexibility index (Phi) is 21.6. The predicted molar refractivity (Wildman–Crippen MR) is 206 cm³/mol. The summed E-state index contributed by atoms with van der Waals surface area (Å²) >= 11 is 0. The molecule has 0 saturated carbocycles. The highest BCUT2D eigenvalue weighted by molar-refractivity contribution is 5.67. The number of benzene rings is 4. The average Bonchev–Trinajstić information content (AvgIpc) is 3.23. The first-order chi connectivity index (χ1) is 26.8. The third-order valence-electron chi connectivity index (χ3n) is 8.05. The lowest BCUT2D eigenvalue weighted by Gasteiger charge is -2.36. The summed E-state index contributed by atoms with van der Waals surface area (Å²) in [6.45, 7) is 7.46. The first-order valence-electron chi connectivity index (χ1n) is 18.6. The molecule has 0 heterocycles. The predicted octanol–water partition coefficient (Wildman–Crippen LogP) is 6.04. The standard InChI is InChI=1S/C43H55NO10/c45-42(53-37-38-13-5-1-6-14-38)44-21-22-46-23-24-47-25-26-48-27-28-49-29-30-50-31-32-51-33-34-52-35-36-54-43(39-15-7-2-8-16-39,40-17-9-3-10-18-40)41-19-11-4-12-20-41/h1-20H,21-37H2,(H,44,45). The highest BCUT2D eigenvalue weighted by Crippen LogP contribution is 2.40. The van der Waals surface area contributed by atoms with Crippen LogP contribution in [0.4, 0.5) is 4.79 Å². The van der Waals surface area contributed by atoms with Crippen LogP contribution in [-0.4, -0.2) is 112 Å². The molecule has 4 rings (SSSR count). The van der Waals surface area contributed by atoms with Gasteiger partial charge in [0.1, 0.15) is 12.2 Å². The molecule has 0 aromatic heterocycles. The van der Waals surface area contributed by atoms with E-state index in [1.54, 1.807) is 0 Å². The molecule has 0 bridgehead atoms. The van der Waals surface area contributed by atoms with Gasteiger partial charge in [0.25, 0.3) is 0 Å². The van der Waals surface area contributed by atoms with E-state index in [1.807, 2.05) is 84.9 Å². The van der Waals surface area contributed by atoms with Gasteiger partial charge in [0.2, 0.25) is 0 Å². The van der Waals surface area contributed by atoms with E-state index in [1.165, 1.54) is 0 Å². The van der Waals surface area contributed by atoms with Gasteiger partial charge in [-0.15, -0.1) is 0 Å². The lowest BCUT2D eigenvalue weighted by atomic mass is 9.80. The lowest BCUT2D eigenvalue weighted by molar-refractivity contribution is -0.0397. The normalized spacial score (nSPS) is 11.4. The van der Waals surface area contributed by atoms with Crippen LogP contribution in [-0.2, 0) is 54.8 Å². The number of alkyl carbamates (subject to hydrolysis) is 1. The lowest BCUT2D eigenvalue weighted by Crippen LogP contribution is -2.34. The molecule has 54 heavy (non-hydrogen) atoms. The Balaban J connectivity index is 0.904. The van der Waals surface area contributed by atoms with E-state index in [-0.39, 0.29) is 6.61 Å². The number of ether oxygens (including phenoxy) is 9. The Morgan fingerprint density at radius 2 is 0.722 bits per heavy atom. The van der Waals surface area contributed by atoms with Gasteiger partial charge in [-0.2, -0.15) is 0 Å². The van der Waals surface area contributed by atoms with Crippen LogP contribution in [0.15, 0.2) is 121 Å². The second-order valence-electron chi connectivity index (χ2n) is 11.9. The quantitative estimate of drug-likeness (QED) is 0.0501. The fourth-order valence-electron chi connectivity index (χ4n) is 5.44. The third kappa shape index (κ3) is 16.5. The van der Waals surface area contributed by atoms with Gasteiger partial charge in [-0.05, 0) is 22.3 Å². The van der Waals surface area contributed by atoms with Gasteiger partial charge in [-0.25, -0.2) is 4.79 Å². The minimum absolute atomic E-state index is 0.236. The monoisotopic (exact) mass is 745 g/mol. The molecule has 4 aromatic carbocycles. The summed E-state index contributed by atoms with van der Waals surface area (Å²) < 4.78 is 50.9. The largest absolute Gasteiger partial charge is 0.445 e. The van der Waals surface area contributed by atoms with Gasteiger partial charge >= 0.3 is 6.09 Å². The molecule has 0 unspecified atom stereocenters. The minimum atomic E-state index is -0.756. The van der Waals surface area contributed by atoms with Crippen LogP contribution in [0, 0.1) is 0 Å². The van der Waals surface area contributed by atoms with E-state index < -0.39 is 11.7 Å². The van der Waals surface area contributed by atoms with Crippen LogP contribution in [0.25, 0.3) is 0 Å². The van der Waals surface area contributed by atoms with Gasteiger partial charge in [-0.3, -0.25) is 0 Å². The Morgan fingerprint density at radius 1 is 0.407 bits per heavy atom. The number of hydrogen-bond donors (Lipinski definition) is 1. The van der Waals surface area contributed by atoms with E-state index in [9.17, 15) is 4.79 Å². The Morgan fingerprint density at radius 3 is 1.09 bits per heavy atom. The molecule has 0 aliphatic carbocycles. The van der Waals surface area contributed by atoms with Crippen molar-refractivity contribution in [2.24, 2.45) is 0 Å². The zero-order valence-electron chi connectivity index (χ0n) is 31.2. The summed E-state index contributed by atoms with van der Waals surface area (Å²) in [6, 6.07) is 40.5. The number of hydrogen-bond acceptors (Lipinski definition) is 10. The van der Waals surface area contributed by atoms with Crippen LogP contribution in [0.1, 0.15) is 22.3 Å². The molecule has 0 aliphatic heterocycles. The minimum Gasteiger partial charge on any atom is -0.445 e. The molecule has 0 radical (unpaired) electrons. The fraction of sp³-hybridized carbons (Fsp3) is 0.419. The topological polar surface area (TPSA) is 112 Å². The zero-order valence-corrected chi connectivity index (χ0v) is 31.2. The number of rotatable bonds is 30. The van der Waals surface area contributed by atoms with Crippen molar-refractivity contribution in [3.05, 3.63) is 144 Å². The maximum absolute atomic E-state index is 11.7. The summed E-state index contributed by atoms with van der Waals surface area (Å²) in [4.78, 5) is 11.7. The van der Waals surface area contributed by atoms with E-state index in [4.69, 9.17) is 42.6 Å². The van der Waals surface area contributed by atoms with Gasteiger partial charge in [0.05, 0.1) is 99.1 Å². The van der Waals surface area contributed by atoms with Crippen molar-refractivity contribution in [1.29, 1.82) is 0 Å². The van der Waals surface area contributed by atoms with Crippen molar-refractivity contribution >= 4 is 6.09 Å². The van der Waals surface area contributed by atoms with Crippen molar-refractivity contribution in [3.8, 4) is 0 Å². The summed E-state index contributed by atoms with van der Waals surface area (Å²) in [7, 11) is 0. The average molecular weight is 746 g/mol. The number of carbonyl (C=O) groups excluding carboxylic acids is 1. The fourth-order valence-corrected chi connectivity index (χ4v) is 5.44. The molecular formula is C43H55NO10. The number of amides is 1. The van der Waals surface area contributed by atoms with Crippen molar-refractivity contribution in [1.82, 2.24) is 5.32 Å². The smallest absolute Gasteiger partial charge is 0.407 e. The van der Waals surface area contributed by atoms with Gasteiger partial charge in [0.15, 0.2) is 0 Å². The maximum Gasteiger partial charge on any atom is 0.407 e. The highest BCUT2D eigenvalue weighted by Gasteiger charge is 2.37. The van der Waals surface area contributed by atoms with E-state index in [0.29, 0.717) is 106 Å². The summed E-state index contributed by atoms with van der Waals surface area (Å²) in [6.07, 6.45) is -0.469. The summed E-state index contributed by atoms with van der Waals surface area (Å²) in [5.41, 5.74) is 3.37. The van der Waals surface area contributed by atoms with Gasteiger partial charge in [0, 0.05) is 6.54 Å². The van der Waals surface area contributed by atoms with Gasteiger partial charge in [-0.1, -0.05) is 121 Å². The highest BCUT2D eigenvalue weighted by atomic mass is 16.6. The molecule has 0 spiro atoms. The van der Waals surface area contributed by atoms with Crippen LogP contribution in [0.5, 0.6) is 0 Å². The molecule has 0 aliphatic rings. The Bertz CT molecular complexity index is 1380. The zero-order chi connectivity index (χ0) is 37.6. The van der Waals surface area contributed by atoms with Crippen molar-refractivity contribution in [2.75, 3.05) is 106 Å². The second kappa shape index (κ2) is 27.4. The molecule has 1 amide bonds. The van der Waals surface area contributed by atoms with Crippen LogP contribution >= 0.6 is 0 Å². The Labute approximate surface area is 319 Å². The molecule has 11 nitrogen and oxygen atoms in total. The van der Waals surface area contributed by atoms with E-state index >= 15 is 0 Å². The molecule has 4 aromatic rings. The molecule has 292 valence electrons. The van der Waals surface area contributed by atoms with Crippen molar-refractivity contribution in [3.63, 3.8) is 0 Å². The van der Waals surface area contributed by atoms with E-state index in [2.05, 4.69) is 41.7 Å². The number of carbonyl (C=O) groups is 1. The third-order valence-corrected chi connectivity index (χ3v) is 8.05. The molecule has 0 atom stereocenters. The molecular weight excluding hydrogens is 690 g/mol. The van der Waals surface area contributed by atoms with Crippen LogP contribution < -0.4 is 5.32 Å². The summed E-state index contributed by atoms with van der Waals surface area (Å²) in [5, 5.41) is 2.65. The van der Waals surface area contributed by atoms with Crippen molar-refractivity contribution in [2.45, 2.75) is 12.2 Å². The summed E-state index contributed by atoms with van der Waals surface area (Å²) in [5.74, 6) is 0. The second-order valence-corrected chi connectivity index (χ2v) is 11.9. The van der Waals surface area contributed by atoms with Crippen LogP contribution in [0.3, 0.4) is 0 Å². The SMILES string of the molecule is O=C(NCCOCCOCCOCCOCCOCCOCCOCCOC(c1ccccc1)(c1ccccc1)c1ccccc1)OCc1ccccc1. The van der Waals surface area contributed by atoms with Gasteiger partial charge < -0.3 is 47.9 Å². The van der Waals surface area contributed by atoms with E-state index in [0.717, 1.165) is 22.3 Å². The molecule has 0 fully saturated rings. The first kappa shape index (κ1) is 42.6.